The molecule has 0 radical (unpaired) electrons. The Morgan fingerprint density at radius 2 is 0.980 bits per heavy atom. The first-order valence-electron chi connectivity index (χ1n) is 17.5. The minimum absolute atomic E-state index is 0.646. The van der Waals surface area contributed by atoms with Gasteiger partial charge in [0.05, 0.1) is 28.2 Å². The number of allylic oxidation sites excluding steroid dienone is 2. The van der Waals surface area contributed by atoms with Crippen LogP contribution in [-0.2, 0) is 5.41 Å². The zero-order valence-electron chi connectivity index (χ0n) is 28.5. The van der Waals surface area contributed by atoms with E-state index in [1.54, 1.807) is 0 Å². The zero-order chi connectivity index (χ0) is 34.4. The number of aliphatic imine (C=N–C) groups is 1. The van der Waals surface area contributed by atoms with Crippen molar-refractivity contribution in [2.75, 3.05) is 4.90 Å². The van der Waals surface area contributed by atoms with Gasteiger partial charge in [-0.3, -0.25) is 0 Å². The summed E-state index contributed by atoms with van der Waals surface area (Å²) in [5.74, 6) is 0. The Bertz CT molecular complexity index is 2430. The molecule has 0 saturated heterocycles. The first-order chi connectivity index (χ1) is 25.2. The van der Waals surface area contributed by atoms with E-state index < -0.39 is 5.41 Å². The van der Waals surface area contributed by atoms with Crippen LogP contribution in [0, 0.1) is 0 Å². The van der Waals surface area contributed by atoms with Crippen LogP contribution in [0.3, 0.4) is 0 Å². The Labute approximate surface area is 300 Å². The van der Waals surface area contributed by atoms with Crippen LogP contribution < -0.4 is 4.90 Å². The molecule has 1 heterocycles. The third kappa shape index (κ3) is 4.83. The van der Waals surface area contributed by atoms with Gasteiger partial charge in [-0.2, -0.15) is 0 Å². The maximum atomic E-state index is 5.56. The molecular formula is C49H36N2. The van der Waals surface area contributed by atoms with Gasteiger partial charge in [0.1, 0.15) is 0 Å². The highest BCUT2D eigenvalue weighted by atomic mass is 15.2. The summed E-state index contributed by atoms with van der Waals surface area (Å²) in [6.45, 7) is 6.83. The van der Waals surface area contributed by atoms with Gasteiger partial charge in [0.25, 0.3) is 0 Å². The van der Waals surface area contributed by atoms with Crippen LogP contribution in [0.15, 0.2) is 205 Å². The van der Waals surface area contributed by atoms with E-state index in [1.165, 1.54) is 44.5 Å². The lowest BCUT2D eigenvalue weighted by Crippen LogP contribution is -2.39. The Morgan fingerprint density at radius 1 is 0.490 bits per heavy atom. The van der Waals surface area contributed by atoms with Crippen molar-refractivity contribution in [3.63, 3.8) is 0 Å². The molecule has 2 heteroatoms. The average Bonchev–Trinajstić information content (AvgIpc) is 3.46. The molecule has 0 saturated carbocycles. The second-order valence-electron chi connectivity index (χ2n) is 13.2. The molecule has 9 rings (SSSR count). The third-order valence-corrected chi connectivity index (χ3v) is 10.5. The first kappa shape index (κ1) is 30.5. The Kier molecular flexibility index (Phi) is 7.44. The van der Waals surface area contributed by atoms with Crippen LogP contribution in [-0.4, -0.2) is 5.71 Å². The van der Waals surface area contributed by atoms with Crippen molar-refractivity contribution in [1.29, 1.82) is 0 Å². The molecule has 0 unspecified atom stereocenters. The van der Waals surface area contributed by atoms with Crippen molar-refractivity contribution in [2.24, 2.45) is 4.99 Å². The summed E-state index contributed by atoms with van der Waals surface area (Å²) < 4.78 is 0. The summed E-state index contributed by atoms with van der Waals surface area (Å²) >= 11 is 0. The molecule has 0 amide bonds. The predicted molar refractivity (Wildman–Crippen MR) is 214 cm³/mol. The highest BCUT2D eigenvalue weighted by Crippen LogP contribution is 2.63. The number of nitrogens with zero attached hydrogens (tertiary/aromatic N) is 2. The standard InChI is InChI=1S/C49H36N2/c1-34-41-24-12-13-25-42(41)49(43-26-14-16-28-45(43)51(40-22-10-5-11-23-40)46-29-17-15-27-44(46)49)47(34)48(50-35(2)36-18-6-3-7-19-36)39-32-30-38(31-33-39)37-20-8-4-9-21-37/h3-33H,2H2,1H3/b50-48-. The van der Waals surface area contributed by atoms with Gasteiger partial charge < -0.3 is 4.90 Å². The molecule has 1 spiro atoms. The first-order valence-corrected chi connectivity index (χ1v) is 17.5. The molecule has 0 N–H and O–H groups in total. The average molecular weight is 653 g/mol. The van der Waals surface area contributed by atoms with E-state index in [0.29, 0.717) is 0 Å². The highest BCUT2D eigenvalue weighted by Gasteiger charge is 2.53. The fraction of sp³-hybridized carbons (Fsp3) is 0.0408. The normalized spacial score (nSPS) is 14.2. The van der Waals surface area contributed by atoms with Crippen molar-refractivity contribution in [2.45, 2.75) is 12.3 Å². The maximum absolute atomic E-state index is 5.56. The van der Waals surface area contributed by atoms with Gasteiger partial charge in [-0.15, -0.1) is 0 Å². The van der Waals surface area contributed by atoms with Crippen LogP contribution in [0.25, 0.3) is 22.4 Å². The SMILES string of the molecule is C=C(/N=C(\C1=C(C)c2ccccc2C12c1ccccc1N(c1ccccc1)c1ccccc12)c1ccc(-c2ccccc2)cc1)c1ccccc1. The molecule has 7 aromatic carbocycles. The van der Waals surface area contributed by atoms with Gasteiger partial charge in [-0.25, -0.2) is 4.99 Å². The number of hydrogen-bond acceptors (Lipinski definition) is 2. The summed E-state index contributed by atoms with van der Waals surface area (Å²) in [6, 6.07) is 67.2. The topological polar surface area (TPSA) is 15.6 Å². The summed E-state index contributed by atoms with van der Waals surface area (Å²) in [4.78, 5) is 7.97. The molecular weight excluding hydrogens is 617 g/mol. The van der Waals surface area contributed by atoms with E-state index in [1.807, 2.05) is 18.2 Å². The lowest BCUT2D eigenvalue weighted by Gasteiger charge is -2.46. The second-order valence-corrected chi connectivity index (χ2v) is 13.2. The predicted octanol–water partition coefficient (Wildman–Crippen LogP) is 12.4. The monoisotopic (exact) mass is 652 g/mol. The molecule has 0 fully saturated rings. The molecule has 51 heavy (non-hydrogen) atoms. The molecule has 1 aliphatic heterocycles. The van der Waals surface area contributed by atoms with Gasteiger partial charge >= 0.3 is 0 Å². The van der Waals surface area contributed by atoms with Gasteiger partial charge in [0, 0.05) is 16.8 Å². The molecule has 0 bridgehead atoms. The van der Waals surface area contributed by atoms with Crippen molar-refractivity contribution >= 4 is 34.0 Å². The number of anilines is 3. The van der Waals surface area contributed by atoms with Gasteiger partial charge in [0.2, 0.25) is 0 Å². The van der Waals surface area contributed by atoms with Crippen LogP contribution >= 0.6 is 0 Å². The Hall–Kier alpha value is -6.51. The van der Waals surface area contributed by atoms with Gasteiger partial charge in [0.15, 0.2) is 0 Å². The highest BCUT2D eigenvalue weighted by molar-refractivity contribution is 6.23. The number of hydrogen-bond donors (Lipinski definition) is 0. The maximum Gasteiger partial charge on any atom is 0.0772 e. The van der Waals surface area contributed by atoms with E-state index in [-0.39, 0.29) is 0 Å². The molecule has 1 aliphatic carbocycles. The zero-order valence-corrected chi connectivity index (χ0v) is 28.5. The summed E-state index contributed by atoms with van der Waals surface area (Å²) in [7, 11) is 0. The van der Waals surface area contributed by atoms with Crippen LogP contribution in [0.4, 0.5) is 17.1 Å². The third-order valence-electron chi connectivity index (χ3n) is 10.5. The molecule has 7 aromatic rings. The van der Waals surface area contributed by atoms with Crippen molar-refractivity contribution in [3.05, 3.63) is 234 Å². The number of fused-ring (bicyclic) bond motifs is 6. The fourth-order valence-electron chi connectivity index (χ4n) is 8.25. The molecule has 2 aliphatic rings. The number of para-hydroxylation sites is 3. The summed E-state index contributed by atoms with van der Waals surface area (Å²) in [5, 5.41) is 0. The van der Waals surface area contributed by atoms with Gasteiger partial charge in [-0.05, 0) is 75.7 Å². The lowest BCUT2D eigenvalue weighted by atomic mass is 9.62. The number of rotatable bonds is 6. The Morgan fingerprint density at radius 3 is 1.61 bits per heavy atom. The largest absolute Gasteiger partial charge is 0.310 e. The van der Waals surface area contributed by atoms with Crippen LogP contribution in [0.2, 0.25) is 0 Å². The Balaban J connectivity index is 1.36. The number of benzene rings is 7. The summed E-state index contributed by atoms with van der Waals surface area (Å²) in [5.41, 5.74) is 16.2. The minimum atomic E-state index is -0.646. The van der Waals surface area contributed by atoms with E-state index >= 15 is 0 Å². The molecule has 2 nitrogen and oxygen atoms in total. The van der Waals surface area contributed by atoms with E-state index in [4.69, 9.17) is 4.99 Å². The van der Waals surface area contributed by atoms with Crippen LogP contribution in [0.5, 0.6) is 0 Å². The van der Waals surface area contributed by atoms with E-state index in [2.05, 4.69) is 188 Å². The summed E-state index contributed by atoms with van der Waals surface area (Å²) in [6.07, 6.45) is 0. The molecule has 0 aromatic heterocycles. The minimum Gasteiger partial charge on any atom is -0.310 e. The van der Waals surface area contributed by atoms with E-state index in [0.717, 1.165) is 39.6 Å². The van der Waals surface area contributed by atoms with Crippen molar-refractivity contribution < 1.29 is 0 Å². The van der Waals surface area contributed by atoms with Crippen LogP contribution in [0.1, 0.15) is 40.3 Å². The van der Waals surface area contributed by atoms with E-state index in [9.17, 15) is 0 Å². The van der Waals surface area contributed by atoms with Crippen molar-refractivity contribution in [1.82, 2.24) is 0 Å². The van der Waals surface area contributed by atoms with Crippen molar-refractivity contribution in [3.8, 4) is 11.1 Å². The smallest absolute Gasteiger partial charge is 0.0772 e. The molecule has 242 valence electrons. The fourth-order valence-corrected chi connectivity index (χ4v) is 8.25. The quantitative estimate of drug-likeness (QED) is 0.163. The second kappa shape index (κ2) is 12.4. The lowest BCUT2D eigenvalue weighted by molar-refractivity contribution is 0.754. The van der Waals surface area contributed by atoms with Gasteiger partial charge in [-0.1, -0.05) is 170 Å². The molecule has 0 atom stereocenters.